The molecule has 1 N–H and O–H groups in total. The second-order valence-electron chi connectivity index (χ2n) is 5.86. The molecule has 0 aliphatic carbocycles. The van der Waals surface area contributed by atoms with Gasteiger partial charge in [0.15, 0.2) is 5.65 Å². The second kappa shape index (κ2) is 5.30. The Kier molecular flexibility index (Phi) is 3.23. The van der Waals surface area contributed by atoms with Crippen molar-refractivity contribution in [1.29, 1.82) is 0 Å². The molecule has 1 aromatic carbocycles. The van der Waals surface area contributed by atoms with Crippen LogP contribution in [0.3, 0.4) is 0 Å². The number of fused-ring (bicyclic) bond motifs is 2. The van der Waals surface area contributed by atoms with E-state index in [1.165, 1.54) is 16.6 Å². The molecule has 1 aliphatic heterocycles. The van der Waals surface area contributed by atoms with Gasteiger partial charge in [0.2, 0.25) is 0 Å². The minimum Gasteiger partial charge on any atom is -0.328 e. The van der Waals surface area contributed by atoms with Crippen molar-refractivity contribution in [2.45, 2.75) is 26.4 Å². The molecule has 1 aliphatic rings. The Bertz CT molecular complexity index is 1000. The van der Waals surface area contributed by atoms with Crippen molar-refractivity contribution in [2.24, 2.45) is 0 Å². The van der Waals surface area contributed by atoms with Crippen LogP contribution in [0.4, 0.5) is 4.39 Å². The molecule has 6 nitrogen and oxygen atoms in total. The number of nitrogens with zero attached hydrogens (tertiary/aromatic N) is 3. The van der Waals surface area contributed by atoms with Crippen LogP contribution in [-0.2, 0) is 19.5 Å². The number of H-pyrrole nitrogens is 1. The Hall–Kier alpha value is -2.96. The summed E-state index contributed by atoms with van der Waals surface area (Å²) in [7, 11) is 0. The molecule has 0 saturated heterocycles. The number of aromatic nitrogens is 3. The molecule has 4 rings (SSSR count). The molecular weight excluding hydrogens is 311 g/mol. The van der Waals surface area contributed by atoms with Gasteiger partial charge in [0, 0.05) is 18.3 Å². The van der Waals surface area contributed by atoms with E-state index in [1.807, 2.05) is 6.92 Å². The molecule has 0 bridgehead atoms. The Morgan fingerprint density at radius 1 is 1.25 bits per heavy atom. The molecule has 3 aromatic rings. The average Bonchev–Trinajstić information content (AvgIpc) is 3.13. The summed E-state index contributed by atoms with van der Waals surface area (Å²) in [5.74, 6) is -0.594. The molecule has 7 heteroatoms. The van der Waals surface area contributed by atoms with Crippen LogP contribution in [0.25, 0.3) is 5.65 Å². The number of amides is 1. The van der Waals surface area contributed by atoms with Gasteiger partial charge in [-0.15, -0.1) is 0 Å². The van der Waals surface area contributed by atoms with Gasteiger partial charge >= 0.3 is 0 Å². The lowest BCUT2D eigenvalue weighted by molar-refractivity contribution is 0.0762. The first-order valence-electron chi connectivity index (χ1n) is 7.74. The van der Waals surface area contributed by atoms with Gasteiger partial charge in [-0.05, 0) is 24.1 Å². The van der Waals surface area contributed by atoms with Crippen molar-refractivity contribution in [1.82, 2.24) is 19.5 Å². The zero-order chi connectivity index (χ0) is 16.8. The van der Waals surface area contributed by atoms with Gasteiger partial charge in [0.25, 0.3) is 11.5 Å². The topological polar surface area (TPSA) is 70.5 Å². The zero-order valence-corrected chi connectivity index (χ0v) is 13.0. The number of aryl methyl sites for hydroxylation is 1. The van der Waals surface area contributed by atoms with Crippen LogP contribution >= 0.6 is 0 Å². The fourth-order valence-corrected chi connectivity index (χ4v) is 2.96. The molecule has 122 valence electrons. The van der Waals surface area contributed by atoms with E-state index in [-0.39, 0.29) is 29.5 Å². The second-order valence-corrected chi connectivity index (χ2v) is 5.86. The molecule has 1 amide bonds. The van der Waals surface area contributed by atoms with Gasteiger partial charge in [0.1, 0.15) is 11.5 Å². The Balaban J connectivity index is 1.70. The lowest BCUT2D eigenvalue weighted by Gasteiger charge is -2.14. The zero-order valence-electron chi connectivity index (χ0n) is 13.0. The minimum absolute atomic E-state index is 0.209. The first-order valence-corrected chi connectivity index (χ1v) is 7.74. The first-order chi connectivity index (χ1) is 11.6. The van der Waals surface area contributed by atoms with Crippen LogP contribution in [0.1, 0.15) is 34.2 Å². The van der Waals surface area contributed by atoms with Crippen molar-refractivity contribution in [2.75, 3.05) is 0 Å². The fraction of sp³-hybridized carbons (Fsp3) is 0.235. The number of rotatable bonds is 3. The lowest BCUT2D eigenvalue weighted by atomic mass is 10.2. The summed E-state index contributed by atoms with van der Waals surface area (Å²) in [6.07, 6.45) is 0.748. The lowest BCUT2D eigenvalue weighted by Crippen LogP contribution is -2.23. The van der Waals surface area contributed by atoms with E-state index in [1.54, 1.807) is 23.1 Å². The number of aromatic amines is 1. The van der Waals surface area contributed by atoms with Gasteiger partial charge in [-0.1, -0.05) is 19.1 Å². The van der Waals surface area contributed by atoms with Gasteiger partial charge < -0.3 is 4.90 Å². The van der Waals surface area contributed by atoms with Crippen molar-refractivity contribution in [3.05, 3.63) is 69.0 Å². The summed E-state index contributed by atoms with van der Waals surface area (Å²) in [4.78, 5) is 31.1. The quantitative estimate of drug-likeness (QED) is 0.799. The predicted molar refractivity (Wildman–Crippen MR) is 85.2 cm³/mol. The third kappa shape index (κ3) is 2.20. The summed E-state index contributed by atoms with van der Waals surface area (Å²) in [5.41, 5.74) is 2.50. The maximum absolute atomic E-state index is 13.0. The van der Waals surface area contributed by atoms with E-state index < -0.39 is 0 Å². The Morgan fingerprint density at radius 2 is 2.00 bits per heavy atom. The summed E-state index contributed by atoms with van der Waals surface area (Å²) >= 11 is 0. The van der Waals surface area contributed by atoms with Crippen molar-refractivity contribution >= 4 is 11.6 Å². The summed E-state index contributed by atoms with van der Waals surface area (Å²) in [5, 5.41) is 3.00. The molecule has 0 saturated carbocycles. The molecule has 0 atom stereocenters. The van der Waals surface area contributed by atoms with E-state index in [0.29, 0.717) is 17.8 Å². The molecule has 24 heavy (non-hydrogen) atoms. The van der Waals surface area contributed by atoms with Gasteiger partial charge in [-0.2, -0.15) is 0 Å². The van der Waals surface area contributed by atoms with Crippen LogP contribution in [0.2, 0.25) is 0 Å². The fourth-order valence-electron chi connectivity index (χ4n) is 2.96. The average molecular weight is 326 g/mol. The number of hydrogen-bond donors (Lipinski definition) is 1. The van der Waals surface area contributed by atoms with Crippen molar-refractivity contribution in [3.63, 3.8) is 0 Å². The van der Waals surface area contributed by atoms with Crippen LogP contribution in [-0.4, -0.2) is 25.4 Å². The number of benzene rings is 1. The highest BCUT2D eigenvalue weighted by atomic mass is 19.1. The molecule has 2 aromatic heterocycles. The highest BCUT2D eigenvalue weighted by Crippen LogP contribution is 2.21. The third-order valence-electron chi connectivity index (χ3n) is 4.27. The van der Waals surface area contributed by atoms with Crippen molar-refractivity contribution in [3.8, 4) is 0 Å². The predicted octanol–water partition coefficient (Wildman–Crippen LogP) is 1.88. The van der Waals surface area contributed by atoms with Gasteiger partial charge in [-0.3, -0.25) is 14.7 Å². The van der Waals surface area contributed by atoms with E-state index in [4.69, 9.17) is 0 Å². The number of halogens is 1. The molecular formula is C17H15FN4O2. The monoisotopic (exact) mass is 326 g/mol. The smallest absolute Gasteiger partial charge is 0.278 e. The maximum Gasteiger partial charge on any atom is 0.278 e. The van der Waals surface area contributed by atoms with E-state index in [0.717, 1.165) is 17.7 Å². The number of hydrogen-bond acceptors (Lipinski definition) is 3. The molecule has 0 spiro atoms. The normalized spacial score (nSPS) is 13.8. The summed E-state index contributed by atoms with van der Waals surface area (Å²) in [6, 6.07) is 7.74. The third-order valence-corrected chi connectivity index (χ3v) is 4.27. The molecule has 3 heterocycles. The van der Waals surface area contributed by atoms with E-state index in [9.17, 15) is 14.0 Å². The standard InChI is InChI=1S/C17H15FN4O2/c1-2-12-7-14-19-15-13(16(23)22(14)20-12)9-21(17(15)24)8-10-3-5-11(18)6-4-10/h3-7,20H,2,8-9H2,1H3. The SMILES string of the molecule is CCc1cc2nc3c(c(=O)n2[nH]1)CN(Cc1ccc(F)cc1)C3=O. The molecule has 0 fully saturated rings. The van der Waals surface area contributed by atoms with Crippen LogP contribution in [0, 0.1) is 5.82 Å². The highest BCUT2D eigenvalue weighted by Gasteiger charge is 2.32. The Morgan fingerprint density at radius 3 is 2.71 bits per heavy atom. The number of carbonyl (C=O) groups is 1. The van der Waals surface area contributed by atoms with Crippen LogP contribution in [0.5, 0.6) is 0 Å². The summed E-state index contributed by atoms with van der Waals surface area (Å²) in [6.45, 7) is 2.49. The van der Waals surface area contributed by atoms with Crippen LogP contribution in [0.15, 0.2) is 35.1 Å². The van der Waals surface area contributed by atoms with Gasteiger partial charge in [-0.25, -0.2) is 13.9 Å². The van der Waals surface area contributed by atoms with Crippen molar-refractivity contribution < 1.29 is 9.18 Å². The highest BCUT2D eigenvalue weighted by molar-refractivity contribution is 5.96. The first kappa shape index (κ1) is 14.6. The van der Waals surface area contributed by atoms with E-state index >= 15 is 0 Å². The molecule has 0 unspecified atom stereocenters. The van der Waals surface area contributed by atoms with Crippen LogP contribution < -0.4 is 5.56 Å². The largest absolute Gasteiger partial charge is 0.328 e. The molecule has 0 radical (unpaired) electrons. The minimum atomic E-state index is -0.323. The van der Waals surface area contributed by atoms with Gasteiger partial charge in [0.05, 0.1) is 12.1 Å². The number of nitrogens with one attached hydrogen (secondary N) is 1. The van der Waals surface area contributed by atoms with E-state index in [2.05, 4.69) is 10.1 Å². The Labute approximate surface area is 136 Å². The maximum atomic E-state index is 13.0. The summed E-state index contributed by atoms with van der Waals surface area (Å²) < 4.78 is 14.4. The number of carbonyl (C=O) groups excluding carboxylic acids is 1.